The van der Waals surface area contributed by atoms with Gasteiger partial charge >= 0.3 is 0 Å². The van der Waals surface area contributed by atoms with Gasteiger partial charge in [-0.3, -0.25) is 20.2 Å². The molecule has 0 saturated heterocycles. The first kappa shape index (κ1) is 20.0. The Morgan fingerprint density at radius 1 is 1.18 bits per heavy atom. The van der Waals surface area contributed by atoms with E-state index in [4.69, 9.17) is 0 Å². The molecule has 0 aliphatic rings. The van der Waals surface area contributed by atoms with Crippen LogP contribution in [0.15, 0.2) is 47.4 Å². The molecule has 0 radical (unpaired) electrons. The van der Waals surface area contributed by atoms with Gasteiger partial charge in [-0.05, 0) is 29.9 Å². The number of nitro benzene ring substituents is 1. The van der Waals surface area contributed by atoms with Gasteiger partial charge in [0.1, 0.15) is 5.01 Å². The number of nitro groups is 1. The Kier molecular flexibility index (Phi) is 6.05. The molecule has 0 atom stereocenters. The average Bonchev–Trinajstić information content (AvgIpc) is 3.15. The molecule has 0 fully saturated rings. The minimum atomic E-state index is -0.494. The molecular formula is C19H18N4O3S2. The standard InChI is InChI=1S/C19H18N4O3S2/c1-11(2)12-4-6-13(7-5-12)18-21-22-19(28-18)20-17(24)14-8-9-16(27-3)15(10-14)23(25)26/h4-11H,1-3H3,(H,20,22,24). The van der Waals surface area contributed by atoms with Crippen molar-refractivity contribution in [1.29, 1.82) is 0 Å². The number of hydrogen-bond donors (Lipinski definition) is 1. The van der Waals surface area contributed by atoms with Gasteiger partial charge in [0.2, 0.25) is 5.13 Å². The first-order valence-electron chi connectivity index (χ1n) is 8.46. The minimum Gasteiger partial charge on any atom is -0.296 e. The fraction of sp³-hybridized carbons (Fsp3) is 0.211. The van der Waals surface area contributed by atoms with Crippen molar-refractivity contribution in [3.63, 3.8) is 0 Å². The number of aromatic nitrogens is 2. The second-order valence-corrected chi connectivity index (χ2v) is 8.11. The molecule has 9 heteroatoms. The van der Waals surface area contributed by atoms with Crippen molar-refractivity contribution in [2.75, 3.05) is 11.6 Å². The fourth-order valence-corrected chi connectivity index (χ4v) is 3.84. The van der Waals surface area contributed by atoms with Gasteiger partial charge in [0.05, 0.1) is 9.82 Å². The van der Waals surface area contributed by atoms with E-state index in [9.17, 15) is 14.9 Å². The van der Waals surface area contributed by atoms with Crippen molar-refractivity contribution in [2.45, 2.75) is 24.7 Å². The first-order valence-corrected chi connectivity index (χ1v) is 10.5. The Morgan fingerprint density at radius 3 is 2.50 bits per heavy atom. The SMILES string of the molecule is CSc1ccc(C(=O)Nc2nnc(-c3ccc(C(C)C)cc3)s2)cc1[N+](=O)[O-]. The van der Waals surface area contributed by atoms with Crippen LogP contribution in [0.2, 0.25) is 0 Å². The third-order valence-electron chi connectivity index (χ3n) is 4.11. The van der Waals surface area contributed by atoms with Crippen molar-refractivity contribution in [3.05, 3.63) is 63.7 Å². The van der Waals surface area contributed by atoms with Gasteiger partial charge in [0.25, 0.3) is 11.6 Å². The zero-order valence-electron chi connectivity index (χ0n) is 15.5. The predicted octanol–water partition coefficient (Wildman–Crippen LogP) is 5.21. The van der Waals surface area contributed by atoms with Crippen molar-refractivity contribution in [2.24, 2.45) is 0 Å². The molecule has 28 heavy (non-hydrogen) atoms. The van der Waals surface area contributed by atoms with Crippen LogP contribution in [0.4, 0.5) is 10.8 Å². The summed E-state index contributed by atoms with van der Waals surface area (Å²) in [6, 6.07) is 12.4. The number of nitrogens with one attached hydrogen (secondary N) is 1. The lowest BCUT2D eigenvalue weighted by Crippen LogP contribution is -2.12. The highest BCUT2D eigenvalue weighted by atomic mass is 32.2. The fourth-order valence-electron chi connectivity index (χ4n) is 2.54. The summed E-state index contributed by atoms with van der Waals surface area (Å²) in [5.74, 6) is -0.0199. The van der Waals surface area contributed by atoms with Crippen molar-refractivity contribution in [1.82, 2.24) is 10.2 Å². The number of hydrogen-bond acceptors (Lipinski definition) is 7. The Labute approximate surface area is 170 Å². The van der Waals surface area contributed by atoms with Crippen LogP contribution >= 0.6 is 23.1 Å². The number of rotatable bonds is 6. The van der Waals surface area contributed by atoms with Crippen molar-refractivity contribution >= 4 is 39.8 Å². The monoisotopic (exact) mass is 414 g/mol. The molecule has 3 rings (SSSR count). The van der Waals surface area contributed by atoms with E-state index in [2.05, 4.69) is 29.4 Å². The second kappa shape index (κ2) is 8.49. The number of carbonyl (C=O) groups excluding carboxylic acids is 1. The predicted molar refractivity (Wildman–Crippen MR) is 112 cm³/mol. The molecule has 2 aromatic carbocycles. The number of amides is 1. The van der Waals surface area contributed by atoms with Gasteiger partial charge in [-0.1, -0.05) is 49.4 Å². The van der Waals surface area contributed by atoms with Gasteiger partial charge < -0.3 is 0 Å². The second-order valence-electron chi connectivity index (χ2n) is 6.29. The van der Waals surface area contributed by atoms with E-state index in [1.807, 2.05) is 24.3 Å². The quantitative estimate of drug-likeness (QED) is 0.338. The number of benzene rings is 2. The lowest BCUT2D eigenvalue weighted by atomic mass is 10.0. The Morgan fingerprint density at radius 2 is 1.89 bits per heavy atom. The molecule has 0 aliphatic carbocycles. The first-order chi connectivity index (χ1) is 13.4. The Balaban J connectivity index is 1.77. The summed E-state index contributed by atoms with van der Waals surface area (Å²) >= 11 is 2.51. The molecule has 1 heterocycles. The van der Waals surface area contributed by atoms with Gasteiger partial charge in [0.15, 0.2) is 0 Å². The van der Waals surface area contributed by atoms with Gasteiger partial charge in [-0.25, -0.2) is 0 Å². The van der Waals surface area contributed by atoms with E-state index in [0.29, 0.717) is 21.0 Å². The van der Waals surface area contributed by atoms with E-state index < -0.39 is 10.8 Å². The zero-order valence-corrected chi connectivity index (χ0v) is 17.1. The summed E-state index contributed by atoms with van der Waals surface area (Å²) in [6.07, 6.45) is 1.75. The van der Waals surface area contributed by atoms with Gasteiger partial charge in [0, 0.05) is 17.2 Å². The van der Waals surface area contributed by atoms with Crippen LogP contribution in [0, 0.1) is 10.1 Å². The minimum absolute atomic E-state index is 0.0941. The molecule has 0 unspecified atom stereocenters. The highest BCUT2D eigenvalue weighted by Gasteiger charge is 2.18. The maximum absolute atomic E-state index is 12.5. The molecular weight excluding hydrogens is 396 g/mol. The topological polar surface area (TPSA) is 98.0 Å². The molecule has 144 valence electrons. The molecule has 0 aliphatic heterocycles. The molecule has 7 nitrogen and oxygen atoms in total. The summed E-state index contributed by atoms with van der Waals surface area (Å²) in [7, 11) is 0. The number of thioether (sulfide) groups is 1. The van der Waals surface area contributed by atoms with E-state index in [1.165, 1.54) is 34.7 Å². The summed E-state index contributed by atoms with van der Waals surface area (Å²) in [4.78, 5) is 23.6. The lowest BCUT2D eigenvalue weighted by molar-refractivity contribution is -0.387. The summed E-state index contributed by atoms with van der Waals surface area (Å²) < 4.78 is 0. The van der Waals surface area contributed by atoms with E-state index >= 15 is 0 Å². The third-order valence-corrected chi connectivity index (χ3v) is 5.78. The van der Waals surface area contributed by atoms with Crippen LogP contribution in [0.25, 0.3) is 10.6 Å². The highest BCUT2D eigenvalue weighted by molar-refractivity contribution is 7.98. The van der Waals surface area contributed by atoms with Crippen LogP contribution < -0.4 is 5.32 Å². The molecule has 1 aromatic heterocycles. The van der Waals surface area contributed by atoms with Crippen molar-refractivity contribution in [3.8, 4) is 10.6 Å². The van der Waals surface area contributed by atoms with Crippen molar-refractivity contribution < 1.29 is 9.72 Å². The van der Waals surface area contributed by atoms with Gasteiger partial charge in [-0.2, -0.15) is 0 Å². The normalized spacial score (nSPS) is 10.9. The van der Waals surface area contributed by atoms with Crippen LogP contribution in [-0.4, -0.2) is 27.3 Å². The Hall–Kier alpha value is -2.78. The van der Waals surface area contributed by atoms with Crippen LogP contribution in [0.3, 0.4) is 0 Å². The highest BCUT2D eigenvalue weighted by Crippen LogP contribution is 2.30. The summed E-state index contributed by atoms with van der Waals surface area (Å²) in [6.45, 7) is 4.26. The van der Waals surface area contributed by atoms with Gasteiger partial charge in [-0.15, -0.1) is 22.0 Å². The van der Waals surface area contributed by atoms with E-state index in [0.717, 1.165) is 5.56 Å². The largest absolute Gasteiger partial charge is 0.296 e. The molecule has 0 saturated carbocycles. The average molecular weight is 415 g/mol. The maximum Gasteiger partial charge on any atom is 0.283 e. The Bertz CT molecular complexity index is 1020. The number of anilines is 1. The number of carbonyl (C=O) groups is 1. The van der Waals surface area contributed by atoms with Crippen LogP contribution in [-0.2, 0) is 0 Å². The zero-order chi connectivity index (χ0) is 20.3. The van der Waals surface area contributed by atoms with Crippen LogP contribution in [0.1, 0.15) is 35.7 Å². The van der Waals surface area contributed by atoms with E-state index in [1.54, 1.807) is 18.4 Å². The molecule has 0 bridgehead atoms. The number of nitrogens with zero attached hydrogens (tertiary/aromatic N) is 3. The third kappa shape index (κ3) is 4.37. The van der Waals surface area contributed by atoms with Crippen LogP contribution in [0.5, 0.6) is 0 Å². The summed E-state index contributed by atoms with van der Waals surface area (Å²) in [5.41, 5.74) is 2.25. The maximum atomic E-state index is 12.5. The molecule has 1 N–H and O–H groups in total. The molecule has 1 amide bonds. The lowest BCUT2D eigenvalue weighted by Gasteiger charge is -2.05. The smallest absolute Gasteiger partial charge is 0.283 e. The molecule has 3 aromatic rings. The summed E-state index contributed by atoms with van der Waals surface area (Å²) in [5, 5.41) is 23.0. The molecule has 0 spiro atoms. The van der Waals surface area contributed by atoms with E-state index in [-0.39, 0.29) is 11.3 Å².